The van der Waals surface area contributed by atoms with E-state index in [0.29, 0.717) is 31.6 Å². The van der Waals surface area contributed by atoms with E-state index in [-0.39, 0.29) is 17.7 Å². The van der Waals surface area contributed by atoms with E-state index in [9.17, 15) is 9.59 Å². The van der Waals surface area contributed by atoms with Crippen LogP contribution >= 0.6 is 0 Å². The number of hydrogen-bond donors (Lipinski definition) is 1. The van der Waals surface area contributed by atoms with Gasteiger partial charge in [-0.15, -0.1) is 0 Å². The van der Waals surface area contributed by atoms with E-state index in [1.54, 1.807) is 11.1 Å². The number of nitrogens with zero attached hydrogens (tertiary/aromatic N) is 3. The summed E-state index contributed by atoms with van der Waals surface area (Å²) < 4.78 is 0. The van der Waals surface area contributed by atoms with Crippen LogP contribution in [0.15, 0.2) is 67.1 Å². The number of aryl methyl sites for hydroxylation is 1. The maximum atomic E-state index is 12.7. The van der Waals surface area contributed by atoms with Crippen molar-refractivity contribution in [1.82, 2.24) is 14.9 Å². The third-order valence-corrected chi connectivity index (χ3v) is 5.44. The number of hydrogen-bond acceptors (Lipinski definition) is 4. The van der Waals surface area contributed by atoms with Crippen molar-refractivity contribution in [3.05, 3.63) is 78.4 Å². The average Bonchev–Trinajstić information content (AvgIpc) is 2.80. The molecule has 152 valence electrons. The van der Waals surface area contributed by atoms with Gasteiger partial charge in [0, 0.05) is 37.1 Å². The summed E-state index contributed by atoms with van der Waals surface area (Å²) in [6.45, 7) is 3.16. The van der Waals surface area contributed by atoms with Gasteiger partial charge < -0.3 is 10.2 Å². The summed E-state index contributed by atoms with van der Waals surface area (Å²) in [6.07, 6.45) is 5.80. The van der Waals surface area contributed by atoms with Crippen LogP contribution in [0.2, 0.25) is 0 Å². The van der Waals surface area contributed by atoms with Gasteiger partial charge in [-0.05, 0) is 43.0 Å². The Hall–Kier alpha value is -3.54. The van der Waals surface area contributed by atoms with Gasteiger partial charge in [-0.25, -0.2) is 4.98 Å². The Kier molecular flexibility index (Phi) is 5.84. The highest BCUT2D eigenvalue weighted by Crippen LogP contribution is 2.24. The van der Waals surface area contributed by atoms with Gasteiger partial charge in [0.2, 0.25) is 5.91 Å². The molecule has 2 amide bonds. The van der Waals surface area contributed by atoms with Crippen LogP contribution in [0, 0.1) is 12.8 Å². The van der Waals surface area contributed by atoms with Crippen molar-refractivity contribution in [2.24, 2.45) is 5.92 Å². The van der Waals surface area contributed by atoms with E-state index in [1.807, 2.05) is 30.3 Å². The lowest BCUT2D eigenvalue weighted by molar-refractivity contribution is -0.121. The Labute approximate surface area is 176 Å². The van der Waals surface area contributed by atoms with Gasteiger partial charge in [0.1, 0.15) is 5.69 Å². The third kappa shape index (κ3) is 4.54. The Bertz CT molecular complexity index is 1030. The van der Waals surface area contributed by atoms with Crippen molar-refractivity contribution < 1.29 is 9.59 Å². The molecule has 1 aliphatic rings. The Morgan fingerprint density at radius 3 is 2.43 bits per heavy atom. The first-order chi connectivity index (χ1) is 14.6. The number of piperidine rings is 1. The van der Waals surface area contributed by atoms with Crippen molar-refractivity contribution in [3.63, 3.8) is 0 Å². The van der Waals surface area contributed by atoms with Gasteiger partial charge in [0.25, 0.3) is 5.91 Å². The van der Waals surface area contributed by atoms with Crippen LogP contribution in [0.25, 0.3) is 11.1 Å². The summed E-state index contributed by atoms with van der Waals surface area (Å²) in [5, 5.41) is 3.01. The van der Waals surface area contributed by atoms with Gasteiger partial charge in [0.15, 0.2) is 0 Å². The summed E-state index contributed by atoms with van der Waals surface area (Å²) in [5.41, 5.74) is 4.62. The van der Waals surface area contributed by atoms with Crippen molar-refractivity contribution in [3.8, 4) is 11.1 Å². The van der Waals surface area contributed by atoms with Crippen molar-refractivity contribution in [2.45, 2.75) is 19.8 Å². The molecule has 1 saturated heterocycles. The molecule has 1 aromatic heterocycles. The second-order valence-electron chi connectivity index (χ2n) is 7.59. The van der Waals surface area contributed by atoms with Gasteiger partial charge in [0.05, 0.1) is 6.20 Å². The molecule has 1 fully saturated rings. The first-order valence-corrected chi connectivity index (χ1v) is 10.1. The summed E-state index contributed by atoms with van der Waals surface area (Å²) >= 11 is 0. The standard InChI is InChI=1S/C24H24N4O2/c1-17-3-2-4-20(15-17)18-5-7-21(8-6-18)27-23(29)19-9-13-28(14-10-19)24(30)22-16-25-11-12-26-22/h2-8,11-12,15-16,19H,9-10,13-14H2,1H3,(H,27,29). The summed E-state index contributed by atoms with van der Waals surface area (Å²) in [7, 11) is 0. The molecule has 0 unspecified atom stereocenters. The highest BCUT2D eigenvalue weighted by Gasteiger charge is 2.28. The quantitative estimate of drug-likeness (QED) is 0.720. The van der Waals surface area contributed by atoms with E-state index < -0.39 is 0 Å². The number of amides is 2. The Balaban J connectivity index is 1.32. The molecule has 1 aliphatic heterocycles. The second-order valence-corrected chi connectivity index (χ2v) is 7.59. The van der Waals surface area contributed by atoms with E-state index in [0.717, 1.165) is 16.8 Å². The molecule has 0 saturated carbocycles. The molecule has 2 heterocycles. The summed E-state index contributed by atoms with van der Waals surface area (Å²) in [5.74, 6) is -0.231. The fraction of sp³-hybridized carbons (Fsp3) is 0.250. The molecule has 1 N–H and O–H groups in total. The van der Waals surface area contributed by atoms with Crippen molar-refractivity contribution in [2.75, 3.05) is 18.4 Å². The topological polar surface area (TPSA) is 75.2 Å². The van der Waals surface area contributed by atoms with Crippen LogP contribution in [0.3, 0.4) is 0 Å². The molecule has 0 spiro atoms. The molecular weight excluding hydrogens is 376 g/mol. The highest BCUT2D eigenvalue weighted by molar-refractivity contribution is 5.94. The van der Waals surface area contributed by atoms with Crippen molar-refractivity contribution in [1.29, 1.82) is 0 Å². The van der Waals surface area contributed by atoms with E-state index in [4.69, 9.17) is 0 Å². The molecular formula is C24H24N4O2. The zero-order valence-electron chi connectivity index (χ0n) is 16.9. The first kappa shape index (κ1) is 19.8. The minimum atomic E-state index is -0.131. The maximum Gasteiger partial charge on any atom is 0.274 e. The number of nitrogens with one attached hydrogen (secondary N) is 1. The Morgan fingerprint density at radius 2 is 1.77 bits per heavy atom. The molecule has 0 atom stereocenters. The predicted octanol–water partition coefficient (Wildman–Crippen LogP) is 3.94. The largest absolute Gasteiger partial charge is 0.337 e. The smallest absolute Gasteiger partial charge is 0.274 e. The van der Waals surface area contributed by atoms with E-state index in [2.05, 4.69) is 40.4 Å². The number of benzene rings is 2. The average molecular weight is 400 g/mol. The fourth-order valence-corrected chi connectivity index (χ4v) is 3.73. The highest BCUT2D eigenvalue weighted by atomic mass is 16.2. The minimum absolute atomic E-state index is 0.00454. The van der Waals surface area contributed by atoms with Crippen LogP contribution < -0.4 is 5.32 Å². The predicted molar refractivity (Wildman–Crippen MR) is 116 cm³/mol. The number of anilines is 1. The van der Waals surface area contributed by atoms with Gasteiger partial charge in [-0.1, -0.05) is 42.0 Å². The lowest BCUT2D eigenvalue weighted by Gasteiger charge is -2.31. The van der Waals surface area contributed by atoms with Crippen LogP contribution in [-0.2, 0) is 4.79 Å². The number of aromatic nitrogens is 2. The molecule has 0 aliphatic carbocycles. The lowest BCUT2D eigenvalue weighted by atomic mass is 9.95. The third-order valence-electron chi connectivity index (χ3n) is 5.44. The minimum Gasteiger partial charge on any atom is -0.337 e. The monoisotopic (exact) mass is 400 g/mol. The molecule has 2 aromatic carbocycles. The van der Waals surface area contributed by atoms with Crippen LogP contribution in [0.1, 0.15) is 28.9 Å². The molecule has 30 heavy (non-hydrogen) atoms. The Morgan fingerprint density at radius 1 is 1.00 bits per heavy atom. The second kappa shape index (κ2) is 8.86. The molecule has 4 rings (SSSR count). The zero-order chi connectivity index (χ0) is 20.9. The van der Waals surface area contributed by atoms with Crippen LogP contribution in [0.4, 0.5) is 5.69 Å². The summed E-state index contributed by atoms with van der Waals surface area (Å²) in [6, 6.07) is 16.2. The maximum absolute atomic E-state index is 12.7. The molecule has 0 radical (unpaired) electrons. The van der Waals surface area contributed by atoms with Gasteiger partial charge >= 0.3 is 0 Å². The van der Waals surface area contributed by atoms with Gasteiger partial charge in [-0.2, -0.15) is 0 Å². The number of likely N-dealkylation sites (tertiary alicyclic amines) is 1. The SMILES string of the molecule is Cc1cccc(-c2ccc(NC(=O)C3CCN(C(=O)c4cnccn4)CC3)cc2)c1. The molecule has 6 nitrogen and oxygen atoms in total. The lowest BCUT2D eigenvalue weighted by Crippen LogP contribution is -2.41. The number of carbonyl (C=O) groups excluding carboxylic acids is 2. The molecule has 6 heteroatoms. The molecule has 3 aromatic rings. The van der Waals surface area contributed by atoms with Gasteiger partial charge in [-0.3, -0.25) is 14.6 Å². The van der Waals surface area contributed by atoms with E-state index in [1.165, 1.54) is 18.0 Å². The normalized spacial score (nSPS) is 14.4. The summed E-state index contributed by atoms with van der Waals surface area (Å²) in [4.78, 5) is 34.9. The van der Waals surface area contributed by atoms with Crippen LogP contribution in [0.5, 0.6) is 0 Å². The first-order valence-electron chi connectivity index (χ1n) is 10.1. The zero-order valence-corrected chi connectivity index (χ0v) is 16.9. The van der Waals surface area contributed by atoms with Crippen molar-refractivity contribution >= 4 is 17.5 Å². The number of carbonyl (C=O) groups is 2. The molecule has 0 bridgehead atoms. The number of rotatable bonds is 4. The van der Waals surface area contributed by atoms with E-state index >= 15 is 0 Å². The van der Waals surface area contributed by atoms with Crippen LogP contribution in [-0.4, -0.2) is 39.8 Å². The fourth-order valence-electron chi connectivity index (χ4n) is 3.73.